The summed E-state index contributed by atoms with van der Waals surface area (Å²) >= 11 is 3.18. The maximum atomic E-state index is 10.3. The predicted octanol–water partition coefficient (Wildman–Crippen LogP) is 1.27. The van der Waals surface area contributed by atoms with Gasteiger partial charge in [0.1, 0.15) is 0 Å². The van der Waals surface area contributed by atoms with E-state index in [0.717, 1.165) is 17.2 Å². The Morgan fingerprint density at radius 2 is 2.59 bits per heavy atom. The van der Waals surface area contributed by atoms with E-state index in [1.807, 2.05) is 11.4 Å². The SMILES string of the molecule is CN=C(C[N+](=O)[O-])NCCSCc1ccsn1. The van der Waals surface area contributed by atoms with Crippen LogP contribution in [0.3, 0.4) is 0 Å². The Labute approximate surface area is 108 Å². The van der Waals surface area contributed by atoms with E-state index in [1.165, 1.54) is 11.5 Å². The van der Waals surface area contributed by atoms with Gasteiger partial charge in [-0.2, -0.15) is 16.1 Å². The molecule has 0 aromatic carbocycles. The van der Waals surface area contributed by atoms with Crippen molar-refractivity contribution in [2.75, 3.05) is 25.9 Å². The van der Waals surface area contributed by atoms with Gasteiger partial charge in [-0.1, -0.05) is 0 Å². The lowest BCUT2D eigenvalue weighted by Gasteiger charge is -2.05. The summed E-state index contributed by atoms with van der Waals surface area (Å²) in [6.45, 7) is 0.433. The van der Waals surface area contributed by atoms with Crippen molar-refractivity contribution in [3.8, 4) is 0 Å². The van der Waals surface area contributed by atoms with Crippen molar-refractivity contribution in [1.29, 1.82) is 0 Å². The molecule has 94 valence electrons. The van der Waals surface area contributed by atoms with Gasteiger partial charge in [0.2, 0.25) is 0 Å². The van der Waals surface area contributed by atoms with Crippen LogP contribution in [0.1, 0.15) is 5.69 Å². The minimum Gasteiger partial charge on any atom is -0.368 e. The van der Waals surface area contributed by atoms with Crippen molar-refractivity contribution in [2.45, 2.75) is 5.75 Å². The zero-order valence-electron chi connectivity index (χ0n) is 9.46. The summed E-state index contributed by atoms with van der Waals surface area (Å²) in [6.07, 6.45) is 0. The second kappa shape index (κ2) is 8.02. The first-order valence-corrected chi connectivity index (χ1v) is 7.00. The Morgan fingerprint density at radius 1 is 1.76 bits per heavy atom. The number of nitrogens with one attached hydrogen (secondary N) is 1. The number of rotatable bonds is 7. The maximum absolute atomic E-state index is 10.3. The third-order valence-electron chi connectivity index (χ3n) is 1.87. The predicted molar refractivity (Wildman–Crippen MR) is 71.5 cm³/mol. The van der Waals surface area contributed by atoms with E-state index in [9.17, 15) is 10.1 Å². The third kappa shape index (κ3) is 6.22. The molecule has 1 N–H and O–H groups in total. The fraction of sp³-hybridized carbons (Fsp3) is 0.556. The van der Waals surface area contributed by atoms with E-state index in [4.69, 9.17) is 0 Å². The number of aromatic nitrogens is 1. The fourth-order valence-electron chi connectivity index (χ4n) is 1.08. The van der Waals surface area contributed by atoms with E-state index in [2.05, 4.69) is 14.7 Å². The van der Waals surface area contributed by atoms with E-state index in [1.54, 1.807) is 18.8 Å². The van der Waals surface area contributed by atoms with Gasteiger partial charge in [-0.05, 0) is 17.6 Å². The van der Waals surface area contributed by atoms with Crippen LogP contribution in [-0.2, 0) is 5.75 Å². The molecule has 0 unspecified atom stereocenters. The molecule has 1 heterocycles. The highest BCUT2D eigenvalue weighted by atomic mass is 32.2. The topological polar surface area (TPSA) is 80.4 Å². The van der Waals surface area contributed by atoms with Crippen LogP contribution in [0.5, 0.6) is 0 Å². The summed E-state index contributed by atoms with van der Waals surface area (Å²) < 4.78 is 4.19. The Kier molecular flexibility index (Phi) is 6.56. The first kappa shape index (κ1) is 13.9. The molecule has 6 nitrogen and oxygen atoms in total. The largest absolute Gasteiger partial charge is 0.368 e. The molecule has 8 heteroatoms. The molecule has 0 spiro atoms. The van der Waals surface area contributed by atoms with Gasteiger partial charge in [0, 0.05) is 35.4 Å². The van der Waals surface area contributed by atoms with Gasteiger partial charge in [-0.25, -0.2) is 0 Å². The number of amidine groups is 1. The Hall–Kier alpha value is -1.15. The molecule has 0 bridgehead atoms. The van der Waals surface area contributed by atoms with E-state index < -0.39 is 4.92 Å². The highest BCUT2D eigenvalue weighted by molar-refractivity contribution is 7.98. The first-order valence-electron chi connectivity index (χ1n) is 5.00. The molecule has 0 saturated carbocycles. The summed E-state index contributed by atoms with van der Waals surface area (Å²) in [4.78, 5) is 13.7. The second-order valence-electron chi connectivity index (χ2n) is 3.13. The highest BCUT2D eigenvalue weighted by Crippen LogP contribution is 2.10. The van der Waals surface area contributed by atoms with Gasteiger partial charge in [-0.3, -0.25) is 15.1 Å². The van der Waals surface area contributed by atoms with Crippen LogP contribution in [0.25, 0.3) is 0 Å². The molecular weight excluding hydrogens is 260 g/mol. The van der Waals surface area contributed by atoms with Gasteiger partial charge < -0.3 is 5.32 Å². The number of aliphatic imine (C=N–C) groups is 1. The lowest BCUT2D eigenvalue weighted by Crippen LogP contribution is -2.31. The van der Waals surface area contributed by atoms with Crippen LogP contribution in [-0.4, -0.2) is 41.0 Å². The molecular formula is C9H14N4O2S2. The molecule has 1 aromatic heterocycles. The fourth-order valence-corrected chi connectivity index (χ4v) is 2.47. The number of thioether (sulfide) groups is 1. The Balaban J connectivity index is 2.09. The van der Waals surface area contributed by atoms with E-state index in [0.29, 0.717) is 12.4 Å². The van der Waals surface area contributed by atoms with Crippen molar-refractivity contribution in [1.82, 2.24) is 9.69 Å². The van der Waals surface area contributed by atoms with E-state index >= 15 is 0 Å². The van der Waals surface area contributed by atoms with E-state index in [-0.39, 0.29) is 6.54 Å². The van der Waals surface area contributed by atoms with Crippen LogP contribution in [0.4, 0.5) is 0 Å². The van der Waals surface area contributed by atoms with Gasteiger partial charge in [0.15, 0.2) is 5.84 Å². The van der Waals surface area contributed by atoms with Crippen LogP contribution in [0.2, 0.25) is 0 Å². The molecule has 0 radical (unpaired) electrons. The normalized spacial score (nSPS) is 11.5. The molecule has 0 aliphatic rings. The molecule has 1 rings (SSSR count). The standard InChI is InChI=1S/C9H14N4O2S2/c1-10-9(6-13(14)15)11-3-5-16-7-8-2-4-17-12-8/h2,4H,3,5-7H2,1H3,(H,10,11). The molecule has 0 atom stereocenters. The third-order valence-corrected chi connectivity index (χ3v) is 3.46. The average Bonchev–Trinajstić information content (AvgIpc) is 2.79. The van der Waals surface area contributed by atoms with Gasteiger partial charge in [0.05, 0.1) is 5.69 Å². The molecule has 17 heavy (non-hydrogen) atoms. The minimum absolute atomic E-state index is 0.243. The lowest BCUT2D eigenvalue weighted by molar-refractivity contribution is -0.463. The smallest absolute Gasteiger partial charge is 0.259 e. The van der Waals surface area contributed by atoms with Crippen LogP contribution >= 0.6 is 23.3 Å². The zero-order chi connectivity index (χ0) is 12.5. The molecule has 0 amide bonds. The van der Waals surface area contributed by atoms with Gasteiger partial charge in [-0.15, -0.1) is 0 Å². The number of hydrogen-bond acceptors (Lipinski definition) is 6. The van der Waals surface area contributed by atoms with Gasteiger partial charge >= 0.3 is 0 Å². The van der Waals surface area contributed by atoms with Crippen LogP contribution < -0.4 is 5.32 Å². The molecule has 0 aliphatic heterocycles. The number of nitro groups is 1. The molecule has 0 saturated heterocycles. The first-order chi connectivity index (χ1) is 8.22. The summed E-state index contributed by atoms with van der Waals surface area (Å²) in [5, 5.41) is 15.2. The molecule has 1 aromatic rings. The summed E-state index contributed by atoms with van der Waals surface area (Å²) in [5.41, 5.74) is 1.08. The molecule has 0 aliphatic carbocycles. The van der Waals surface area contributed by atoms with Crippen molar-refractivity contribution in [3.63, 3.8) is 0 Å². The van der Waals surface area contributed by atoms with Crippen molar-refractivity contribution in [3.05, 3.63) is 27.3 Å². The summed E-state index contributed by atoms with van der Waals surface area (Å²) in [7, 11) is 1.55. The van der Waals surface area contributed by atoms with Crippen molar-refractivity contribution >= 4 is 29.1 Å². The minimum atomic E-state index is -0.391. The summed E-state index contributed by atoms with van der Waals surface area (Å²) in [5.74, 6) is 2.16. The Bertz CT molecular complexity index is 367. The monoisotopic (exact) mass is 274 g/mol. The zero-order valence-corrected chi connectivity index (χ0v) is 11.1. The number of hydrogen-bond donors (Lipinski definition) is 1. The quantitative estimate of drug-likeness (QED) is 0.266. The van der Waals surface area contributed by atoms with Crippen LogP contribution in [0, 0.1) is 10.1 Å². The summed E-state index contributed by atoms with van der Waals surface area (Å²) in [6, 6.07) is 2.00. The molecule has 0 fully saturated rings. The number of nitrogens with zero attached hydrogens (tertiary/aromatic N) is 3. The van der Waals surface area contributed by atoms with Crippen molar-refractivity contribution in [2.24, 2.45) is 4.99 Å². The second-order valence-corrected chi connectivity index (χ2v) is 4.90. The van der Waals surface area contributed by atoms with Crippen molar-refractivity contribution < 1.29 is 4.92 Å². The van der Waals surface area contributed by atoms with Crippen LogP contribution in [0.15, 0.2) is 16.4 Å². The Morgan fingerprint density at radius 3 is 3.18 bits per heavy atom. The highest BCUT2D eigenvalue weighted by Gasteiger charge is 2.05. The lowest BCUT2D eigenvalue weighted by atomic mass is 10.5. The average molecular weight is 274 g/mol. The maximum Gasteiger partial charge on any atom is 0.259 e. The van der Waals surface area contributed by atoms with Gasteiger partial charge in [0.25, 0.3) is 6.54 Å².